The molecule has 8 amide bonds. The van der Waals surface area contributed by atoms with E-state index in [1.54, 1.807) is 44.5 Å². The van der Waals surface area contributed by atoms with Crippen LogP contribution in [0.2, 0.25) is 0 Å². The van der Waals surface area contributed by atoms with Crippen molar-refractivity contribution in [3.05, 3.63) is 84.1 Å². The van der Waals surface area contributed by atoms with Crippen LogP contribution in [0.4, 0.5) is 0 Å². The minimum atomic E-state index is -1.73. The second-order valence-corrected chi connectivity index (χ2v) is 19.8. The van der Waals surface area contributed by atoms with Crippen molar-refractivity contribution in [3.8, 4) is 5.75 Å². The number of nitrogens with zero attached hydrogens (tertiary/aromatic N) is 1. The lowest BCUT2D eigenvalue weighted by molar-refractivity contribution is -0.136. The average Bonchev–Trinajstić information content (AvgIpc) is 4.18. The maximum atomic E-state index is 14.5. The zero-order valence-electron chi connectivity index (χ0n) is 43.5. The molecule has 3 heterocycles. The summed E-state index contributed by atoms with van der Waals surface area (Å²) in [7, 11) is 0. The van der Waals surface area contributed by atoms with Crippen LogP contribution in [-0.4, -0.2) is 146 Å². The van der Waals surface area contributed by atoms with Crippen molar-refractivity contribution >= 4 is 70.4 Å². The first-order chi connectivity index (χ1) is 36.7. The third kappa shape index (κ3) is 18.8. The molecule has 0 aliphatic carbocycles. The first-order valence-corrected chi connectivity index (χ1v) is 25.5. The molecule has 0 bridgehead atoms. The highest BCUT2D eigenvalue weighted by molar-refractivity contribution is 5.99. The van der Waals surface area contributed by atoms with Gasteiger partial charge in [-0.15, -0.1) is 0 Å². The number of aromatic nitrogens is 3. The van der Waals surface area contributed by atoms with Crippen molar-refractivity contribution in [1.82, 2.24) is 62.8 Å². The molecule has 77 heavy (non-hydrogen) atoms. The van der Waals surface area contributed by atoms with Gasteiger partial charge in [0.25, 0.3) is 0 Å². The number of hydrogen-bond acceptors (Lipinski definition) is 13. The smallest absolute Gasteiger partial charge is 0.245 e. The standard InChI is InChI=1S/C52H71N14O11/c1-28(2)18-38(46(72)59-32(25-67)8-7-17-56-52(53)54)61-47(73)39(19-29(3)4)62-48(74)40(20-30-11-13-34(69)14-12-30)63-51(77)43(26-68)66-49(75)41(21-31-23-57-36-10-6-5-9-35(31)36)64-50(76)42(22-33-24-55-27-58-33)65-45(71)37-15-16-44(70)60-37/h5-6,9-14,23-24,27-29,32,37-43,57,68-69H,7-8,15-22,26H2,1-4H3,(H,55,58)(H,59,72)(H,60,70)(H,61,73)(H,62,74)(H,63,77)(H,64,76)(H,65,71)(H,66,75)(H4,53,54,56)/t32-,37-,38-,39+,40-,41-,42-,43-/m0/s1. The minimum Gasteiger partial charge on any atom is -0.508 e. The Morgan fingerprint density at radius 3 is 1.86 bits per heavy atom. The molecule has 0 spiro atoms. The Morgan fingerprint density at radius 1 is 0.740 bits per heavy atom. The van der Waals surface area contributed by atoms with Gasteiger partial charge < -0.3 is 73.8 Å². The number of amides is 8. The number of imidazole rings is 1. The number of aliphatic hydroxyl groups excluding tert-OH is 1. The number of rotatable bonds is 30. The summed E-state index contributed by atoms with van der Waals surface area (Å²) in [6, 6.07) is 2.66. The van der Waals surface area contributed by atoms with Crippen LogP contribution in [0, 0.1) is 17.2 Å². The van der Waals surface area contributed by atoms with Crippen molar-refractivity contribution < 1.29 is 53.4 Å². The molecule has 1 aliphatic heterocycles. The van der Waals surface area contributed by atoms with Crippen molar-refractivity contribution in [1.29, 1.82) is 5.41 Å². The lowest BCUT2D eigenvalue weighted by Crippen LogP contribution is -2.61. The molecule has 8 atom stereocenters. The van der Waals surface area contributed by atoms with Gasteiger partial charge in [-0.2, -0.15) is 0 Å². The van der Waals surface area contributed by atoms with E-state index < -0.39 is 96.3 Å². The van der Waals surface area contributed by atoms with Crippen LogP contribution in [-0.2, 0) is 62.4 Å². The highest BCUT2D eigenvalue weighted by Gasteiger charge is 2.36. The topological polar surface area (TPSA) is 397 Å². The number of phenolic OH excluding ortho intramolecular Hbond substituents is 1. The van der Waals surface area contributed by atoms with E-state index >= 15 is 0 Å². The minimum absolute atomic E-state index is 0.0730. The van der Waals surface area contributed by atoms with Crippen LogP contribution in [0.25, 0.3) is 10.9 Å². The van der Waals surface area contributed by atoms with Gasteiger partial charge in [-0.1, -0.05) is 58.0 Å². The van der Waals surface area contributed by atoms with E-state index in [1.165, 1.54) is 36.8 Å². The number of H-pyrrole nitrogens is 2. The van der Waals surface area contributed by atoms with Gasteiger partial charge in [-0.25, -0.2) is 4.98 Å². The summed E-state index contributed by atoms with van der Waals surface area (Å²) in [4.78, 5) is 132. The number of aromatic amines is 2. The van der Waals surface area contributed by atoms with Crippen LogP contribution in [0.5, 0.6) is 5.75 Å². The molecular formula is C52H71N14O11. The Labute approximate surface area is 445 Å². The summed E-state index contributed by atoms with van der Waals surface area (Å²) in [6.07, 6.45) is 6.96. The van der Waals surface area contributed by atoms with Gasteiger partial charge >= 0.3 is 0 Å². The number of aliphatic hydroxyl groups is 1. The Kier molecular flexibility index (Phi) is 22.5. The van der Waals surface area contributed by atoms with Gasteiger partial charge in [-0.3, -0.25) is 48.6 Å². The van der Waals surface area contributed by atoms with E-state index in [0.717, 1.165) is 10.9 Å². The molecule has 25 nitrogen and oxygen atoms in total. The van der Waals surface area contributed by atoms with Crippen molar-refractivity contribution in [2.45, 2.75) is 134 Å². The van der Waals surface area contributed by atoms with Crippen molar-refractivity contribution in [3.63, 3.8) is 0 Å². The number of nitrogens with one attached hydrogen (secondary N) is 12. The number of para-hydroxylation sites is 1. The highest BCUT2D eigenvalue weighted by Crippen LogP contribution is 2.20. The zero-order valence-corrected chi connectivity index (χ0v) is 43.5. The number of carbonyl (C=O) groups excluding carboxylic acids is 9. The number of hydrogen-bond donors (Lipinski definition) is 15. The summed E-state index contributed by atoms with van der Waals surface area (Å²) in [5.74, 6) is -6.61. The third-order valence-electron chi connectivity index (χ3n) is 12.6. The molecular weight excluding hydrogens is 997 g/mol. The van der Waals surface area contributed by atoms with Gasteiger partial charge in [0.2, 0.25) is 53.5 Å². The molecule has 5 rings (SSSR count). The maximum absolute atomic E-state index is 14.5. The molecule has 16 N–H and O–H groups in total. The normalized spacial score (nSPS) is 15.9. The molecule has 4 aromatic rings. The van der Waals surface area contributed by atoms with Crippen LogP contribution < -0.4 is 53.6 Å². The molecule has 1 saturated heterocycles. The summed E-state index contributed by atoms with van der Waals surface area (Å²) < 4.78 is 0. The Morgan fingerprint density at radius 2 is 1.30 bits per heavy atom. The molecule has 1 radical (unpaired) electrons. The maximum Gasteiger partial charge on any atom is 0.245 e. The Hall–Kier alpha value is -8.35. The second-order valence-electron chi connectivity index (χ2n) is 19.8. The average molecular weight is 1070 g/mol. The van der Waals surface area contributed by atoms with Gasteiger partial charge in [0.05, 0.1) is 24.7 Å². The molecule has 1 aliphatic rings. The molecule has 2 aromatic heterocycles. The SMILES string of the molecule is CC(C)C[C@H](NC(=O)[C@@H](CC(C)C)NC(=O)[C@H](Cc1ccc(O)cc1)NC(=O)[C@H](CO)NC(=O)[C@H](Cc1c[nH]c2ccccc12)NC(=O)[C@H](Cc1c[nH]cn1)NC(=O)[C@@H]1CCC(=O)N1)C(=O)N[C@H]([C]=O)CCCNC(=N)N. The Balaban J connectivity index is 1.37. The zero-order chi connectivity index (χ0) is 56.2. The number of benzene rings is 2. The number of phenols is 1. The molecule has 1 fully saturated rings. The van der Waals surface area contributed by atoms with E-state index in [2.05, 4.69) is 62.8 Å². The van der Waals surface area contributed by atoms with E-state index in [-0.39, 0.29) is 87.4 Å². The first kappa shape index (κ1) is 59.5. The largest absolute Gasteiger partial charge is 0.508 e. The van der Waals surface area contributed by atoms with Gasteiger partial charge in [0, 0.05) is 55.5 Å². The molecule has 25 heteroatoms. The Bertz CT molecular complexity index is 2680. The van der Waals surface area contributed by atoms with E-state index in [9.17, 15) is 53.4 Å². The fourth-order valence-corrected chi connectivity index (χ4v) is 8.63. The van der Waals surface area contributed by atoms with Crippen LogP contribution >= 0.6 is 0 Å². The number of carbonyl (C=O) groups is 8. The number of fused-ring (bicyclic) bond motifs is 1. The summed E-state index contributed by atoms with van der Waals surface area (Å²) in [5.41, 5.74) is 7.50. The van der Waals surface area contributed by atoms with Gasteiger partial charge in [0.1, 0.15) is 48.0 Å². The quantitative estimate of drug-likeness (QED) is 0.0165. The summed E-state index contributed by atoms with van der Waals surface area (Å²) in [5, 5.41) is 52.4. The second kappa shape index (κ2) is 29.1. The van der Waals surface area contributed by atoms with Crippen molar-refractivity contribution in [2.24, 2.45) is 17.6 Å². The highest BCUT2D eigenvalue weighted by atomic mass is 16.3. The summed E-state index contributed by atoms with van der Waals surface area (Å²) >= 11 is 0. The number of aromatic hydroxyl groups is 1. The van der Waals surface area contributed by atoms with Crippen LogP contribution in [0.1, 0.15) is 83.0 Å². The molecule has 0 saturated carbocycles. The molecule has 415 valence electrons. The molecule has 0 unspecified atom stereocenters. The van der Waals surface area contributed by atoms with Crippen molar-refractivity contribution in [2.75, 3.05) is 13.2 Å². The van der Waals surface area contributed by atoms with Crippen LogP contribution in [0.3, 0.4) is 0 Å². The lowest BCUT2D eigenvalue weighted by atomic mass is 9.99. The number of nitrogens with two attached hydrogens (primary N) is 1. The molecule has 2 aromatic carbocycles. The van der Waals surface area contributed by atoms with E-state index in [1.807, 2.05) is 19.9 Å². The van der Waals surface area contributed by atoms with Gasteiger partial charge in [-0.05, 0) is 73.3 Å². The predicted molar refractivity (Wildman–Crippen MR) is 282 cm³/mol. The first-order valence-electron chi connectivity index (χ1n) is 25.5. The fourth-order valence-electron chi connectivity index (χ4n) is 8.63. The van der Waals surface area contributed by atoms with E-state index in [0.29, 0.717) is 23.2 Å². The van der Waals surface area contributed by atoms with Gasteiger partial charge in [0.15, 0.2) is 5.96 Å². The predicted octanol–water partition coefficient (Wildman–Crippen LogP) is -1.25. The van der Waals surface area contributed by atoms with Crippen LogP contribution in [0.15, 0.2) is 67.3 Å². The fraction of sp³-hybridized carbons (Fsp3) is 0.481. The van der Waals surface area contributed by atoms with E-state index in [4.69, 9.17) is 11.1 Å². The summed E-state index contributed by atoms with van der Waals surface area (Å²) in [6.45, 7) is 6.56. The third-order valence-corrected chi connectivity index (χ3v) is 12.6. The lowest BCUT2D eigenvalue weighted by Gasteiger charge is -2.28. The number of guanidine groups is 1. The monoisotopic (exact) mass is 1070 g/mol.